The van der Waals surface area contributed by atoms with E-state index in [4.69, 9.17) is 0 Å². The van der Waals surface area contributed by atoms with Crippen LogP contribution < -0.4 is 10.9 Å². The molecule has 0 bridgehead atoms. The summed E-state index contributed by atoms with van der Waals surface area (Å²) >= 11 is 5.15. The molecule has 0 aliphatic carbocycles. The second-order valence-electron chi connectivity index (χ2n) is 3.67. The first kappa shape index (κ1) is 14.6. The highest BCUT2D eigenvalue weighted by atomic mass is 79.9. The second-order valence-corrected chi connectivity index (χ2v) is 5.45. The minimum Gasteiger partial charge on any atom is -0.383 e. The normalized spacial score (nSPS) is 10.5. The van der Waals surface area contributed by atoms with Gasteiger partial charge in [-0.25, -0.2) is 4.68 Å². The zero-order valence-electron chi connectivity index (χ0n) is 10.2. The monoisotopic (exact) mass is 319 g/mol. The van der Waals surface area contributed by atoms with Crippen LogP contribution in [0.5, 0.6) is 0 Å². The quantitative estimate of drug-likeness (QED) is 0.785. The van der Waals surface area contributed by atoms with Gasteiger partial charge in [0.25, 0.3) is 5.56 Å². The van der Waals surface area contributed by atoms with Crippen LogP contribution in [0.2, 0.25) is 0 Å². The van der Waals surface area contributed by atoms with Crippen LogP contribution in [0.4, 0.5) is 5.69 Å². The molecule has 0 unspecified atom stereocenters. The molecular weight excluding hydrogens is 302 g/mol. The molecule has 1 rings (SSSR count). The van der Waals surface area contributed by atoms with Gasteiger partial charge < -0.3 is 5.32 Å². The summed E-state index contributed by atoms with van der Waals surface area (Å²) in [5.74, 6) is 1.12. The zero-order valence-corrected chi connectivity index (χ0v) is 12.6. The Kier molecular flexibility index (Phi) is 6.65. The Labute approximate surface area is 114 Å². The van der Waals surface area contributed by atoms with Crippen molar-refractivity contribution in [1.82, 2.24) is 9.78 Å². The summed E-state index contributed by atoms with van der Waals surface area (Å²) in [7, 11) is 0. The lowest BCUT2D eigenvalue weighted by Crippen LogP contribution is -2.24. The van der Waals surface area contributed by atoms with Gasteiger partial charge in [0.05, 0.1) is 11.9 Å². The molecule has 6 heteroatoms. The number of aromatic nitrogens is 2. The lowest BCUT2D eigenvalue weighted by Gasteiger charge is -2.09. The van der Waals surface area contributed by atoms with E-state index < -0.39 is 0 Å². The lowest BCUT2D eigenvalue weighted by molar-refractivity contribution is 0.566. The molecule has 0 fully saturated rings. The number of halogens is 1. The van der Waals surface area contributed by atoms with E-state index in [1.807, 2.05) is 18.7 Å². The van der Waals surface area contributed by atoms with E-state index in [9.17, 15) is 4.79 Å². The molecule has 0 amide bonds. The summed E-state index contributed by atoms with van der Waals surface area (Å²) in [5, 5.41) is 7.36. The van der Waals surface area contributed by atoms with Gasteiger partial charge in [-0.05, 0) is 40.8 Å². The molecule has 0 aliphatic heterocycles. The molecule has 1 heterocycles. The first-order chi connectivity index (χ1) is 8.20. The third-order valence-corrected chi connectivity index (χ3v) is 3.72. The van der Waals surface area contributed by atoms with E-state index >= 15 is 0 Å². The molecule has 0 saturated carbocycles. The molecule has 0 aromatic carbocycles. The van der Waals surface area contributed by atoms with Gasteiger partial charge in [0.15, 0.2) is 0 Å². The summed E-state index contributed by atoms with van der Waals surface area (Å²) in [4.78, 5) is 11.9. The van der Waals surface area contributed by atoms with Crippen molar-refractivity contribution in [2.75, 3.05) is 23.9 Å². The average Bonchev–Trinajstić information content (AvgIpc) is 2.33. The third-order valence-electron chi connectivity index (χ3n) is 2.26. The molecule has 0 spiro atoms. The van der Waals surface area contributed by atoms with Gasteiger partial charge in [0.1, 0.15) is 4.47 Å². The van der Waals surface area contributed by atoms with Gasteiger partial charge in [0.2, 0.25) is 0 Å². The predicted molar refractivity (Wildman–Crippen MR) is 78.0 cm³/mol. The maximum atomic E-state index is 11.9. The van der Waals surface area contributed by atoms with E-state index in [1.54, 1.807) is 6.20 Å². The van der Waals surface area contributed by atoms with Crippen LogP contribution in [0.15, 0.2) is 15.5 Å². The SMILES string of the molecule is CCCn1ncc(NCCCSC)c(Br)c1=O. The number of anilines is 1. The highest BCUT2D eigenvalue weighted by Crippen LogP contribution is 2.16. The molecule has 1 aromatic heterocycles. The molecular formula is C11H18BrN3OS. The fraction of sp³-hybridized carbons (Fsp3) is 0.636. The molecule has 0 atom stereocenters. The maximum absolute atomic E-state index is 11.9. The van der Waals surface area contributed by atoms with E-state index in [2.05, 4.69) is 32.6 Å². The summed E-state index contributed by atoms with van der Waals surface area (Å²) in [5.41, 5.74) is 0.713. The maximum Gasteiger partial charge on any atom is 0.283 e. The molecule has 0 radical (unpaired) electrons. The Morgan fingerprint density at radius 3 is 3.00 bits per heavy atom. The predicted octanol–water partition coefficient (Wildman–Crippen LogP) is 2.58. The molecule has 0 aliphatic rings. The largest absolute Gasteiger partial charge is 0.383 e. The van der Waals surface area contributed by atoms with Crippen molar-refractivity contribution in [2.24, 2.45) is 0 Å². The van der Waals surface area contributed by atoms with E-state index in [-0.39, 0.29) is 5.56 Å². The third kappa shape index (κ3) is 4.35. The van der Waals surface area contributed by atoms with Gasteiger partial charge in [-0.15, -0.1) is 0 Å². The van der Waals surface area contributed by atoms with Crippen molar-refractivity contribution in [2.45, 2.75) is 26.3 Å². The van der Waals surface area contributed by atoms with Gasteiger partial charge in [-0.3, -0.25) is 4.79 Å². The molecule has 96 valence electrons. The van der Waals surface area contributed by atoms with Gasteiger partial charge in [-0.2, -0.15) is 16.9 Å². The standard InChI is InChI=1S/C11H18BrN3OS/c1-3-6-15-11(16)10(12)9(8-14-15)13-5-4-7-17-2/h8,13H,3-7H2,1-2H3. The summed E-state index contributed by atoms with van der Waals surface area (Å²) in [6.45, 7) is 3.54. The Bertz CT molecular complexity index is 408. The van der Waals surface area contributed by atoms with Crippen molar-refractivity contribution in [1.29, 1.82) is 0 Å². The first-order valence-electron chi connectivity index (χ1n) is 5.69. The number of hydrogen-bond acceptors (Lipinski definition) is 4. The summed E-state index contributed by atoms with van der Waals surface area (Å²) < 4.78 is 2.06. The average molecular weight is 320 g/mol. The van der Waals surface area contributed by atoms with Crippen LogP contribution in [0.1, 0.15) is 19.8 Å². The van der Waals surface area contributed by atoms with E-state index in [0.717, 1.165) is 30.8 Å². The van der Waals surface area contributed by atoms with Crippen molar-refractivity contribution in [3.8, 4) is 0 Å². The van der Waals surface area contributed by atoms with Crippen LogP contribution >= 0.6 is 27.7 Å². The molecule has 4 nitrogen and oxygen atoms in total. The summed E-state index contributed by atoms with van der Waals surface area (Å²) in [6, 6.07) is 0. The molecule has 0 saturated heterocycles. The zero-order chi connectivity index (χ0) is 12.7. The minimum absolute atomic E-state index is 0.0679. The van der Waals surface area contributed by atoms with Crippen molar-refractivity contribution >= 4 is 33.4 Å². The van der Waals surface area contributed by atoms with Crippen LogP contribution in [-0.2, 0) is 6.54 Å². The summed E-state index contributed by atoms with van der Waals surface area (Å²) in [6.07, 6.45) is 5.77. The fourth-order valence-corrected chi connectivity index (χ4v) is 2.28. The highest BCUT2D eigenvalue weighted by Gasteiger charge is 2.07. The van der Waals surface area contributed by atoms with Crippen LogP contribution in [0.25, 0.3) is 0 Å². The smallest absolute Gasteiger partial charge is 0.283 e. The highest BCUT2D eigenvalue weighted by molar-refractivity contribution is 9.10. The van der Waals surface area contributed by atoms with E-state index in [1.165, 1.54) is 4.68 Å². The van der Waals surface area contributed by atoms with Crippen molar-refractivity contribution < 1.29 is 0 Å². The van der Waals surface area contributed by atoms with Crippen molar-refractivity contribution in [3.63, 3.8) is 0 Å². The molecule has 1 aromatic rings. The Morgan fingerprint density at radius 2 is 2.35 bits per heavy atom. The van der Waals surface area contributed by atoms with Gasteiger partial charge >= 0.3 is 0 Å². The Morgan fingerprint density at radius 1 is 1.59 bits per heavy atom. The van der Waals surface area contributed by atoms with E-state index in [0.29, 0.717) is 11.0 Å². The number of rotatable bonds is 7. The van der Waals surface area contributed by atoms with Crippen LogP contribution in [0.3, 0.4) is 0 Å². The molecule has 17 heavy (non-hydrogen) atoms. The Hall–Kier alpha value is -0.490. The second kappa shape index (κ2) is 7.76. The minimum atomic E-state index is -0.0679. The number of aryl methyl sites for hydroxylation is 1. The van der Waals surface area contributed by atoms with Gasteiger partial charge in [-0.1, -0.05) is 6.92 Å². The first-order valence-corrected chi connectivity index (χ1v) is 7.87. The topological polar surface area (TPSA) is 46.9 Å². The van der Waals surface area contributed by atoms with Crippen LogP contribution in [-0.4, -0.2) is 28.3 Å². The number of hydrogen-bond donors (Lipinski definition) is 1. The van der Waals surface area contributed by atoms with Gasteiger partial charge in [0, 0.05) is 13.1 Å². The lowest BCUT2D eigenvalue weighted by atomic mass is 10.4. The number of nitrogens with zero attached hydrogens (tertiary/aromatic N) is 2. The number of thioether (sulfide) groups is 1. The van der Waals surface area contributed by atoms with Crippen molar-refractivity contribution in [3.05, 3.63) is 21.0 Å². The Balaban J connectivity index is 2.68. The molecule has 1 N–H and O–H groups in total. The fourth-order valence-electron chi connectivity index (χ4n) is 1.40. The number of nitrogens with one attached hydrogen (secondary N) is 1. The van der Waals surface area contributed by atoms with Crippen LogP contribution in [0, 0.1) is 0 Å².